The lowest BCUT2D eigenvalue weighted by Crippen LogP contribution is -2.53. The third-order valence-corrected chi connectivity index (χ3v) is 4.53. The summed E-state index contributed by atoms with van der Waals surface area (Å²) in [5.74, 6) is 2.45. The van der Waals surface area contributed by atoms with Crippen LogP contribution in [0.25, 0.3) is 0 Å². The van der Waals surface area contributed by atoms with Gasteiger partial charge in [-0.15, -0.1) is 0 Å². The Labute approximate surface area is 157 Å². The molecule has 1 aromatic rings. The fourth-order valence-electron chi connectivity index (χ4n) is 2.92. The summed E-state index contributed by atoms with van der Waals surface area (Å²) in [6.45, 7) is 13.1. The van der Waals surface area contributed by atoms with Crippen LogP contribution in [0.15, 0.2) is 29.3 Å². The number of carbonyl (C=O) groups is 1. The highest BCUT2D eigenvalue weighted by Crippen LogP contribution is 2.18. The first-order chi connectivity index (χ1) is 12.5. The summed E-state index contributed by atoms with van der Waals surface area (Å²) >= 11 is 0. The number of ether oxygens (including phenoxy) is 1. The van der Waals surface area contributed by atoms with E-state index in [1.807, 2.05) is 17.0 Å². The van der Waals surface area contributed by atoms with Crippen LogP contribution in [0.4, 0.5) is 0 Å². The highest BCUT2D eigenvalue weighted by Gasteiger charge is 2.20. The highest BCUT2D eigenvalue weighted by atomic mass is 16.5. The van der Waals surface area contributed by atoms with E-state index in [9.17, 15) is 4.79 Å². The maximum atomic E-state index is 11.4. The lowest BCUT2D eigenvalue weighted by atomic mass is 10.0. The van der Waals surface area contributed by atoms with E-state index in [1.165, 1.54) is 5.56 Å². The Morgan fingerprint density at radius 2 is 1.77 bits per heavy atom. The van der Waals surface area contributed by atoms with E-state index < -0.39 is 0 Å². The van der Waals surface area contributed by atoms with Crippen LogP contribution in [0.3, 0.4) is 0 Å². The van der Waals surface area contributed by atoms with Gasteiger partial charge < -0.3 is 19.9 Å². The molecule has 6 heteroatoms. The van der Waals surface area contributed by atoms with Gasteiger partial charge in [-0.05, 0) is 30.5 Å². The summed E-state index contributed by atoms with van der Waals surface area (Å²) in [7, 11) is 0. The number of piperazine rings is 1. The molecule has 1 aromatic carbocycles. The average molecular weight is 361 g/mol. The monoisotopic (exact) mass is 360 g/mol. The van der Waals surface area contributed by atoms with Gasteiger partial charge in [-0.1, -0.05) is 26.0 Å². The molecule has 26 heavy (non-hydrogen) atoms. The Hall–Kier alpha value is -2.24. The minimum atomic E-state index is 0.142. The van der Waals surface area contributed by atoms with Crippen LogP contribution in [0.1, 0.15) is 39.2 Å². The van der Waals surface area contributed by atoms with E-state index in [-0.39, 0.29) is 5.91 Å². The van der Waals surface area contributed by atoms with E-state index in [2.05, 4.69) is 48.1 Å². The summed E-state index contributed by atoms with van der Waals surface area (Å²) in [6, 6.07) is 8.26. The van der Waals surface area contributed by atoms with Crippen molar-refractivity contribution in [2.45, 2.75) is 33.6 Å². The number of nitrogens with one attached hydrogen (secondary N) is 1. The molecule has 0 aliphatic carbocycles. The van der Waals surface area contributed by atoms with Crippen LogP contribution in [0, 0.1) is 0 Å². The molecular weight excluding hydrogens is 328 g/mol. The van der Waals surface area contributed by atoms with Crippen molar-refractivity contribution in [1.29, 1.82) is 0 Å². The van der Waals surface area contributed by atoms with Gasteiger partial charge in [0.25, 0.3) is 0 Å². The fourth-order valence-corrected chi connectivity index (χ4v) is 2.92. The zero-order valence-corrected chi connectivity index (χ0v) is 16.5. The van der Waals surface area contributed by atoms with Crippen molar-refractivity contribution in [3.63, 3.8) is 0 Å². The number of rotatable bonds is 6. The van der Waals surface area contributed by atoms with Crippen molar-refractivity contribution in [3.05, 3.63) is 29.8 Å². The van der Waals surface area contributed by atoms with E-state index in [0.29, 0.717) is 19.1 Å². The smallest absolute Gasteiger partial charge is 0.219 e. The van der Waals surface area contributed by atoms with Crippen LogP contribution in [0.5, 0.6) is 5.75 Å². The topological polar surface area (TPSA) is 57.2 Å². The maximum absolute atomic E-state index is 11.4. The summed E-state index contributed by atoms with van der Waals surface area (Å²) < 4.78 is 5.80. The van der Waals surface area contributed by atoms with Crippen molar-refractivity contribution < 1.29 is 9.53 Å². The fraction of sp³-hybridized carbons (Fsp3) is 0.600. The third kappa shape index (κ3) is 5.93. The number of hydrogen-bond donors (Lipinski definition) is 1. The number of aliphatic imine (C=N–C) groups is 1. The minimum Gasteiger partial charge on any atom is -0.492 e. The molecule has 0 atom stereocenters. The molecule has 0 aromatic heterocycles. The van der Waals surface area contributed by atoms with Crippen molar-refractivity contribution in [3.8, 4) is 5.75 Å². The largest absolute Gasteiger partial charge is 0.492 e. The first-order valence-corrected chi connectivity index (χ1v) is 9.52. The summed E-state index contributed by atoms with van der Waals surface area (Å²) in [5.41, 5.74) is 1.31. The Bertz CT molecular complexity index is 590. The quantitative estimate of drug-likeness (QED) is 0.481. The molecular formula is C20H32N4O2. The molecule has 1 aliphatic heterocycles. The second-order valence-corrected chi connectivity index (χ2v) is 6.80. The molecule has 144 valence electrons. The Morgan fingerprint density at radius 1 is 1.15 bits per heavy atom. The maximum Gasteiger partial charge on any atom is 0.219 e. The van der Waals surface area contributed by atoms with Crippen LogP contribution in [-0.4, -0.2) is 67.5 Å². The first kappa shape index (κ1) is 20.1. The third-order valence-electron chi connectivity index (χ3n) is 4.53. The van der Waals surface area contributed by atoms with Gasteiger partial charge in [-0.2, -0.15) is 0 Å². The molecule has 6 nitrogen and oxygen atoms in total. The predicted octanol–water partition coefficient (Wildman–Crippen LogP) is 2.32. The molecule has 2 rings (SSSR count). The van der Waals surface area contributed by atoms with E-state index >= 15 is 0 Å². The number of benzene rings is 1. The van der Waals surface area contributed by atoms with Crippen molar-refractivity contribution in [2.24, 2.45) is 4.99 Å². The molecule has 1 aliphatic rings. The van der Waals surface area contributed by atoms with E-state index in [1.54, 1.807) is 6.92 Å². The van der Waals surface area contributed by atoms with Gasteiger partial charge in [-0.25, -0.2) is 4.99 Å². The van der Waals surface area contributed by atoms with Gasteiger partial charge in [0, 0.05) is 39.6 Å². The zero-order chi connectivity index (χ0) is 18.9. The number of nitrogens with zero attached hydrogens (tertiary/aromatic N) is 3. The standard InChI is InChI=1S/C20H32N4O2/c1-5-21-20(24-13-11-23(12-14-24)17(4)25)22-10-15-26-19-8-6-18(7-9-19)16(2)3/h6-9,16H,5,10-15H2,1-4H3,(H,21,22). The molecule has 1 amide bonds. The normalized spacial score (nSPS) is 15.3. The predicted molar refractivity (Wildman–Crippen MR) is 106 cm³/mol. The zero-order valence-electron chi connectivity index (χ0n) is 16.5. The van der Waals surface area contributed by atoms with Crippen LogP contribution in [0.2, 0.25) is 0 Å². The van der Waals surface area contributed by atoms with Crippen LogP contribution in [-0.2, 0) is 4.79 Å². The Balaban J connectivity index is 1.82. The molecule has 0 saturated carbocycles. The number of amides is 1. The van der Waals surface area contributed by atoms with E-state index in [4.69, 9.17) is 4.74 Å². The Kier molecular flexibility index (Phi) is 7.75. The lowest BCUT2D eigenvalue weighted by molar-refractivity contribution is -0.130. The van der Waals surface area contributed by atoms with Crippen molar-refractivity contribution >= 4 is 11.9 Å². The van der Waals surface area contributed by atoms with Crippen LogP contribution >= 0.6 is 0 Å². The summed E-state index contributed by atoms with van der Waals surface area (Å²) in [5, 5.41) is 3.33. The number of hydrogen-bond acceptors (Lipinski definition) is 3. The molecule has 1 saturated heterocycles. The number of guanidine groups is 1. The number of carbonyl (C=O) groups excluding carboxylic acids is 1. The van der Waals surface area contributed by atoms with Gasteiger partial charge in [0.15, 0.2) is 5.96 Å². The van der Waals surface area contributed by atoms with Gasteiger partial charge in [0.05, 0.1) is 6.54 Å². The van der Waals surface area contributed by atoms with Gasteiger partial charge in [0.2, 0.25) is 5.91 Å². The van der Waals surface area contributed by atoms with Gasteiger partial charge in [0.1, 0.15) is 12.4 Å². The first-order valence-electron chi connectivity index (χ1n) is 9.52. The van der Waals surface area contributed by atoms with Crippen LogP contribution < -0.4 is 10.1 Å². The van der Waals surface area contributed by atoms with E-state index in [0.717, 1.165) is 44.4 Å². The average Bonchev–Trinajstić information content (AvgIpc) is 2.64. The SMILES string of the molecule is CCNC(=NCCOc1ccc(C(C)C)cc1)N1CCN(C(C)=O)CC1. The second-order valence-electron chi connectivity index (χ2n) is 6.80. The molecule has 0 unspecified atom stereocenters. The summed E-state index contributed by atoms with van der Waals surface area (Å²) in [4.78, 5) is 20.2. The molecule has 0 radical (unpaired) electrons. The van der Waals surface area contributed by atoms with Crippen molar-refractivity contribution in [1.82, 2.24) is 15.1 Å². The second kappa shape index (κ2) is 10.0. The van der Waals surface area contributed by atoms with Gasteiger partial charge >= 0.3 is 0 Å². The van der Waals surface area contributed by atoms with Gasteiger partial charge in [-0.3, -0.25) is 4.79 Å². The molecule has 1 fully saturated rings. The Morgan fingerprint density at radius 3 is 2.31 bits per heavy atom. The molecule has 1 N–H and O–H groups in total. The molecule has 0 spiro atoms. The van der Waals surface area contributed by atoms with Crippen molar-refractivity contribution in [2.75, 3.05) is 45.9 Å². The highest BCUT2D eigenvalue weighted by molar-refractivity contribution is 5.80. The molecule has 1 heterocycles. The summed E-state index contributed by atoms with van der Waals surface area (Å²) in [6.07, 6.45) is 0. The minimum absolute atomic E-state index is 0.142. The molecule has 0 bridgehead atoms. The lowest BCUT2D eigenvalue weighted by Gasteiger charge is -2.36.